The minimum absolute atomic E-state index is 0.472. The second-order valence-corrected chi connectivity index (χ2v) is 4.96. The highest BCUT2D eigenvalue weighted by Crippen LogP contribution is 2.30. The van der Waals surface area contributed by atoms with Gasteiger partial charge >= 0.3 is 0 Å². The van der Waals surface area contributed by atoms with Crippen molar-refractivity contribution in [1.82, 2.24) is 4.90 Å². The van der Waals surface area contributed by atoms with Crippen LogP contribution in [0.15, 0.2) is 60.4 Å². The number of carbonyl (C=O) groups excluding carboxylic acids is 1. The van der Waals surface area contributed by atoms with Gasteiger partial charge in [0.1, 0.15) is 0 Å². The van der Waals surface area contributed by atoms with Gasteiger partial charge in [0.2, 0.25) is 0 Å². The minimum Gasteiger partial charge on any atom is -0.388 e. The Morgan fingerprint density at radius 2 is 1.88 bits per heavy atom. The number of hydrogen-bond acceptors (Lipinski definition) is 3. The Balaban J connectivity index is 2.37. The van der Waals surface area contributed by atoms with E-state index in [9.17, 15) is 9.90 Å². The van der Waals surface area contributed by atoms with Crippen LogP contribution in [0.4, 0.5) is 0 Å². The van der Waals surface area contributed by atoms with E-state index >= 15 is 0 Å². The lowest BCUT2D eigenvalue weighted by molar-refractivity contribution is 0.0549. The van der Waals surface area contributed by atoms with Crippen molar-refractivity contribution in [2.75, 3.05) is 6.98 Å². The molecule has 132 valence electrons. The first-order valence-electron chi connectivity index (χ1n) is 17.6. The van der Waals surface area contributed by atoms with Crippen LogP contribution in [0.3, 0.4) is 0 Å². The molecule has 1 fully saturated rings. The van der Waals surface area contributed by atoms with Gasteiger partial charge in [0.25, 0.3) is 0 Å². The number of aliphatic hydroxyl groups excluding tert-OH is 1. The number of likely N-dealkylation sites (tertiary alicyclic amines) is 1. The fourth-order valence-electron chi connectivity index (χ4n) is 2.06. The molecule has 0 amide bonds. The third kappa shape index (κ3) is 4.56. The Kier molecular flexibility index (Phi) is 1.78. The smallest absolute Gasteiger partial charge is 0.164 e. The molecule has 1 aliphatic heterocycles. The topological polar surface area (TPSA) is 40.5 Å². The predicted molar refractivity (Wildman–Crippen MR) is 101 cm³/mol. The molecule has 0 unspecified atom stereocenters. The van der Waals surface area contributed by atoms with Gasteiger partial charge in [-0.1, -0.05) is 66.8 Å². The van der Waals surface area contributed by atoms with Gasteiger partial charge in [-0.3, -0.25) is 9.69 Å². The summed E-state index contributed by atoms with van der Waals surface area (Å²) >= 11 is 0. The zero-order valence-electron chi connectivity index (χ0n) is 33.8. The number of ketones is 1. The lowest BCUT2D eigenvalue weighted by atomic mass is 9.88. The van der Waals surface area contributed by atoms with Gasteiger partial charge in [-0.05, 0) is 31.7 Å². The second kappa shape index (κ2) is 8.41. The number of rotatable bonds is 6. The summed E-state index contributed by atoms with van der Waals surface area (Å²) in [5.41, 5.74) is -2.07. The quantitative estimate of drug-likeness (QED) is 0.785. The molecule has 0 aliphatic carbocycles. The molecule has 1 heterocycles. The molecule has 1 aliphatic rings. The first kappa shape index (κ1) is 5.28. The van der Waals surface area contributed by atoms with Crippen molar-refractivity contribution in [2.45, 2.75) is 50.1 Å². The Morgan fingerprint density at radius 1 is 1.24 bits per heavy atom. The van der Waals surface area contributed by atoms with Crippen LogP contribution in [-0.4, -0.2) is 34.8 Å². The monoisotopic (exact) mass is 358 g/mol. The standard InChI is InChI=1S/C22H27NO2/c1-23-19(15-21(24)17-9-4-2-5-10-17)13-8-14-20(23)16-22(25)18-11-6-3-7-12-18/h2-7,9-12,19-21,24H,8,13-16H2,1H3/t19-,20+,21+/m0/s1/i1D3,2D,3D,4D,5D,6D,7D,8D2,9D,10D,11D,12D,13D2,14D2,19D,20D. The Bertz CT molecular complexity index is 1550. The van der Waals surface area contributed by atoms with E-state index in [0.29, 0.717) is 0 Å². The van der Waals surface area contributed by atoms with Crippen molar-refractivity contribution in [3.8, 4) is 0 Å². The highest BCUT2D eigenvalue weighted by atomic mass is 16.3. The van der Waals surface area contributed by atoms with Crippen molar-refractivity contribution >= 4 is 5.78 Å². The number of hydrogen-bond donors (Lipinski definition) is 1. The molecule has 1 saturated heterocycles. The lowest BCUT2D eigenvalue weighted by Crippen LogP contribution is -2.45. The molecule has 3 atom stereocenters. The normalized spacial score (nSPS) is 47.0. The van der Waals surface area contributed by atoms with Crippen LogP contribution in [0.25, 0.3) is 0 Å². The van der Waals surface area contributed by atoms with Gasteiger partial charge in [0.05, 0.1) is 19.8 Å². The molecule has 0 bridgehead atoms. The molecule has 25 heavy (non-hydrogen) atoms. The van der Waals surface area contributed by atoms with Gasteiger partial charge in [0.15, 0.2) is 5.78 Å². The molecule has 0 radical (unpaired) electrons. The predicted octanol–water partition coefficient (Wildman–Crippen LogP) is 4.24. The van der Waals surface area contributed by atoms with E-state index in [1.165, 1.54) is 0 Å². The first-order chi connectivity index (χ1) is 20.5. The molecule has 2 aromatic carbocycles. The fraction of sp³-hybridized carbons (Fsp3) is 0.409. The highest BCUT2D eigenvalue weighted by molar-refractivity contribution is 5.96. The van der Waals surface area contributed by atoms with E-state index in [1.54, 1.807) is 0 Å². The molecule has 1 N–H and O–H groups in total. The van der Waals surface area contributed by atoms with Crippen LogP contribution in [0, 0.1) is 0 Å². The molecule has 0 aromatic heterocycles. The third-order valence-electron chi connectivity index (χ3n) is 3.30. The minimum atomic E-state index is -4.05. The fourth-order valence-corrected chi connectivity index (χ4v) is 2.06. The van der Waals surface area contributed by atoms with Gasteiger partial charge in [-0.15, -0.1) is 0 Å². The maximum Gasteiger partial charge on any atom is 0.164 e. The summed E-state index contributed by atoms with van der Waals surface area (Å²) < 4.78 is 173. The zero-order chi connectivity index (χ0) is 36.1. The molecule has 2 aromatic rings. The van der Waals surface area contributed by atoms with Crippen molar-refractivity contribution in [3.63, 3.8) is 0 Å². The van der Waals surface area contributed by atoms with E-state index in [-0.39, 0.29) is 0 Å². The van der Waals surface area contributed by atoms with Crippen LogP contribution >= 0.6 is 0 Å². The number of Topliss-reactive ketones (excluding diaryl/α,β-unsaturated/α-hetero) is 1. The van der Waals surface area contributed by atoms with Crippen LogP contribution in [-0.2, 0) is 0 Å². The largest absolute Gasteiger partial charge is 0.388 e. The van der Waals surface area contributed by atoms with E-state index in [0.717, 1.165) is 0 Å². The molecular weight excluding hydrogens is 310 g/mol. The molecule has 3 nitrogen and oxygen atoms in total. The summed E-state index contributed by atoms with van der Waals surface area (Å²) in [7, 11) is 0. The van der Waals surface area contributed by atoms with Gasteiger partial charge < -0.3 is 5.11 Å². The van der Waals surface area contributed by atoms with E-state index < -0.39 is 139 Å². The van der Waals surface area contributed by atoms with Crippen LogP contribution in [0.2, 0.25) is 0 Å². The van der Waals surface area contributed by atoms with Gasteiger partial charge in [-0.2, -0.15) is 0 Å². The van der Waals surface area contributed by atoms with Crippen molar-refractivity contribution in [2.24, 2.45) is 0 Å². The number of benzene rings is 2. The number of nitrogens with zero attached hydrogens (tertiary/aromatic N) is 1. The molecular formula is C22H27NO2. The number of piperidine rings is 1. The Hall–Kier alpha value is -1.97. The van der Waals surface area contributed by atoms with Crippen LogP contribution in [0.5, 0.6) is 0 Å². The van der Waals surface area contributed by atoms with Crippen LogP contribution in [0.1, 0.15) is 82.8 Å². The van der Waals surface area contributed by atoms with Crippen LogP contribution < -0.4 is 0 Å². The lowest BCUT2D eigenvalue weighted by Gasteiger charge is -2.40. The molecule has 0 spiro atoms. The summed E-state index contributed by atoms with van der Waals surface area (Å²) in [4.78, 5) is 13.1. The summed E-state index contributed by atoms with van der Waals surface area (Å²) in [5, 5.41) is 11.1. The first-order valence-corrected chi connectivity index (χ1v) is 7.14. The highest BCUT2D eigenvalue weighted by Gasteiger charge is 2.30. The molecule has 0 saturated carbocycles. The summed E-state index contributed by atoms with van der Waals surface area (Å²) in [5.74, 6) is -1.66. The zero-order valence-corrected chi connectivity index (χ0v) is 12.8. The van der Waals surface area contributed by atoms with E-state index in [2.05, 4.69) is 0 Å². The molecule has 3 rings (SSSR count). The van der Waals surface area contributed by atoms with Gasteiger partial charge in [-0.25, -0.2) is 0 Å². The van der Waals surface area contributed by atoms with Gasteiger partial charge in [0, 0.05) is 39.1 Å². The maximum absolute atomic E-state index is 13.6. The van der Waals surface area contributed by atoms with E-state index in [1.807, 2.05) is 0 Å². The maximum atomic E-state index is 13.6. The second-order valence-electron chi connectivity index (χ2n) is 4.96. The SMILES string of the molecule is [2H]c1c([2H])c([2H])c(C(=O)C[C@]2([2H])N(C([2H])([2H])[2H])[C@]([2H])(C[C@@H](O)c3c([2H])c([2H])c([2H])c([2H])c3[2H])C([2H])([2H])C([2H])([2H])C2([2H])[2H])c([2H])c1[2H]. The average molecular weight is 359 g/mol. The van der Waals surface area contributed by atoms with Crippen molar-refractivity contribution in [3.05, 3.63) is 71.6 Å². The van der Waals surface area contributed by atoms with E-state index in [4.69, 9.17) is 28.8 Å². The summed E-state index contributed by atoms with van der Waals surface area (Å²) in [6.07, 6.45) is -18.1. The number of carbonyl (C=O) groups is 1. The summed E-state index contributed by atoms with van der Waals surface area (Å²) in [6, 6.07) is -17.8. The average Bonchev–Trinajstić information content (AvgIpc) is 2.91. The summed E-state index contributed by atoms with van der Waals surface area (Å²) in [6.45, 7) is -3.96. The van der Waals surface area contributed by atoms with Crippen molar-refractivity contribution < 1.29 is 38.7 Å². The Labute approximate surface area is 179 Å². The van der Waals surface area contributed by atoms with Crippen molar-refractivity contribution in [1.29, 1.82) is 0 Å². The Morgan fingerprint density at radius 3 is 2.56 bits per heavy atom. The number of aliphatic hydroxyl groups is 1. The third-order valence-corrected chi connectivity index (χ3v) is 3.30. The molecule has 3 heteroatoms.